The van der Waals surface area contributed by atoms with Gasteiger partial charge in [0.25, 0.3) is 0 Å². The van der Waals surface area contributed by atoms with Gasteiger partial charge in [0.05, 0.1) is 0 Å². The van der Waals surface area contributed by atoms with Gasteiger partial charge in [-0.3, -0.25) is 0 Å². The maximum atomic E-state index is 11.7. The van der Waals surface area contributed by atoms with Crippen molar-refractivity contribution in [1.29, 1.82) is 0 Å². The van der Waals surface area contributed by atoms with Gasteiger partial charge in [0.15, 0.2) is 0 Å². The van der Waals surface area contributed by atoms with Gasteiger partial charge in [-0.1, -0.05) is 0 Å². The summed E-state index contributed by atoms with van der Waals surface area (Å²) < 4.78 is 35.2. The molecule has 0 bridgehead atoms. The van der Waals surface area contributed by atoms with Crippen molar-refractivity contribution in [3.63, 3.8) is 0 Å². The van der Waals surface area contributed by atoms with Crippen LogP contribution in [-0.4, -0.2) is 20.0 Å². The van der Waals surface area contributed by atoms with E-state index in [0.717, 1.165) is 5.56 Å². The van der Waals surface area contributed by atoms with Crippen LogP contribution in [0.1, 0.15) is 5.56 Å². The van der Waals surface area contributed by atoms with Gasteiger partial charge >= 0.3 is 86.3 Å². The first kappa shape index (κ1) is 11.2. The Labute approximate surface area is 86.7 Å². The first-order valence-electron chi connectivity index (χ1n) is 3.82. The first-order valence-corrected chi connectivity index (χ1v) is 5.89. The fourth-order valence-corrected chi connectivity index (χ4v) is 1.42. The van der Waals surface area contributed by atoms with Crippen LogP contribution in [0.25, 0.3) is 0 Å². The molecule has 0 radical (unpaired) electrons. The monoisotopic (exact) mass is 264 g/mol. The molecule has 74 valence electrons. The van der Waals surface area contributed by atoms with Crippen molar-refractivity contribution in [3.8, 4) is 11.8 Å². The molecule has 0 nitrogen and oxygen atoms in total. The summed E-state index contributed by atoms with van der Waals surface area (Å²) in [7, 11) is 0. The average molecular weight is 263 g/mol. The van der Waals surface area contributed by atoms with E-state index in [9.17, 15) is 13.2 Å². The molecular weight excluding hydrogens is 256 g/mol. The Morgan fingerprint density at radius 2 is 1.79 bits per heavy atom. The summed E-state index contributed by atoms with van der Waals surface area (Å²) >= 11 is -1.38. The van der Waals surface area contributed by atoms with Crippen molar-refractivity contribution in [1.82, 2.24) is 0 Å². The van der Waals surface area contributed by atoms with E-state index in [1.807, 2.05) is 6.07 Å². The molecule has 0 spiro atoms. The van der Waals surface area contributed by atoms with Crippen molar-refractivity contribution >= 4 is 15.0 Å². The Kier molecular flexibility index (Phi) is 4.06. The summed E-state index contributed by atoms with van der Waals surface area (Å²) in [5.74, 6) is 5.20. The van der Waals surface area contributed by atoms with Crippen molar-refractivity contribution in [2.24, 2.45) is 0 Å². The van der Waals surface area contributed by atoms with Gasteiger partial charge < -0.3 is 0 Å². The zero-order valence-electron chi connectivity index (χ0n) is 7.14. The predicted molar refractivity (Wildman–Crippen MR) is 49.9 cm³/mol. The van der Waals surface area contributed by atoms with E-state index in [1.54, 1.807) is 24.3 Å². The Bertz CT molecular complexity index is 332. The van der Waals surface area contributed by atoms with Gasteiger partial charge in [0.2, 0.25) is 0 Å². The molecule has 1 aromatic rings. The van der Waals surface area contributed by atoms with Crippen LogP contribution in [0.5, 0.6) is 0 Å². The van der Waals surface area contributed by atoms with Gasteiger partial charge in [-0.15, -0.1) is 0 Å². The molecule has 14 heavy (non-hydrogen) atoms. The Morgan fingerprint density at radius 1 is 1.14 bits per heavy atom. The quantitative estimate of drug-likeness (QED) is 0.540. The summed E-state index contributed by atoms with van der Waals surface area (Å²) in [4.78, 5) is 0. The molecule has 1 rings (SSSR count). The second-order valence-electron chi connectivity index (χ2n) is 2.40. The van der Waals surface area contributed by atoms with Gasteiger partial charge in [-0.2, -0.15) is 0 Å². The van der Waals surface area contributed by atoms with Crippen LogP contribution in [0.4, 0.5) is 13.2 Å². The molecule has 1 aromatic carbocycles. The summed E-state index contributed by atoms with van der Waals surface area (Å²) in [6, 6.07) is 8.99. The average Bonchev–Trinajstić information content (AvgIpc) is 2.13. The molecule has 0 fully saturated rings. The minimum atomic E-state index is -4.04. The second kappa shape index (κ2) is 5.09. The van der Waals surface area contributed by atoms with Crippen LogP contribution in [-0.2, 0) is 0 Å². The molecule has 0 atom stereocenters. The van der Waals surface area contributed by atoms with Crippen molar-refractivity contribution < 1.29 is 13.2 Å². The molecule has 0 aliphatic rings. The number of halogens is 3. The molecule has 0 heterocycles. The Balaban J connectivity index is 2.42. The SMILES string of the molecule is FC(F)(F)[Se]CC#Cc1ccccc1. The predicted octanol–water partition coefficient (Wildman–Crippen LogP) is 2.68. The summed E-state index contributed by atoms with van der Waals surface area (Å²) in [6.07, 6.45) is 0. The van der Waals surface area contributed by atoms with E-state index >= 15 is 0 Å². The number of hydrogen-bond acceptors (Lipinski definition) is 0. The Hall–Kier alpha value is -0.911. The molecule has 0 saturated carbocycles. The zero-order valence-corrected chi connectivity index (χ0v) is 8.85. The fourth-order valence-electron chi connectivity index (χ4n) is 0.778. The first-order chi connectivity index (χ1) is 6.58. The summed E-state index contributed by atoms with van der Waals surface area (Å²) in [5.41, 5.74) is 0.755. The van der Waals surface area contributed by atoms with Crippen LogP contribution in [0.2, 0.25) is 5.32 Å². The molecule has 4 heteroatoms. The van der Waals surface area contributed by atoms with E-state index in [2.05, 4.69) is 11.8 Å². The Morgan fingerprint density at radius 3 is 2.36 bits per heavy atom. The van der Waals surface area contributed by atoms with Crippen molar-refractivity contribution in [3.05, 3.63) is 35.9 Å². The third kappa shape index (κ3) is 4.96. The van der Waals surface area contributed by atoms with Crippen molar-refractivity contribution in [2.75, 3.05) is 0 Å². The standard InChI is InChI=1S/C10H7F3Se/c11-10(12,13)14-8-4-7-9-5-2-1-3-6-9/h1-3,5-6H,8H2. The number of benzene rings is 1. The van der Waals surface area contributed by atoms with Gasteiger partial charge in [0, 0.05) is 0 Å². The van der Waals surface area contributed by atoms with Crippen LogP contribution in [0, 0.1) is 11.8 Å². The topological polar surface area (TPSA) is 0 Å². The van der Waals surface area contributed by atoms with Crippen LogP contribution < -0.4 is 0 Å². The van der Waals surface area contributed by atoms with E-state index in [-0.39, 0.29) is 5.32 Å². The number of hydrogen-bond donors (Lipinski definition) is 0. The zero-order chi connectivity index (χ0) is 10.4. The van der Waals surface area contributed by atoms with E-state index in [1.165, 1.54) is 0 Å². The third-order valence-corrected chi connectivity index (χ3v) is 2.61. The van der Waals surface area contributed by atoms with Gasteiger partial charge in [0.1, 0.15) is 0 Å². The normalized spacial score (nSPS) is 10.5. The molecule has 0 aliphatic carbocycles. The minimum absolute atomic E-state index is 0.0780. The van der Waals surface area contributed by atoms with E-state index < -0.39 is 20.0 Å². The van der Waals surface area contributed by atoms with E-state index in [0.29, 0.717) is 0 Å². The number of alkyl halides is 3. The molecule has 0 saturated heterocycles. The van der Waals surface area contributed by atoms with Crippen LogP contribution in [0.15, 0.2) is 30.3 Å². The molecule has 0 aromatic heterocycles. The molecule has 0 N–H and O–H groups in total. The summed E-state index contributed by atoms with van der Waals surface area (Å²) in [5, 5.41) is -4.12. The van der Waals surface area contributed by atoms with Gasteiger partial charge in [-0.05, 0) is 0 Å². The maximum absolute atomic E-state index is 11.7. The van der Waals surface area contributed by atoms with Crippen LogP contribution >= 0.6 is 0 Å². The third-order valence-electron chi connectivity index (χ3n) is 1.31. The number of rotatable bonds is 1. The summed E-state index contributed by atoms with van der Waals surface area (Å²) in [6.45, 7) is 0. The molecule has 0 aliphatic heterocycles. The van der Waals surface area contributed by atoms with Gasteiger partial charge in [-0.25, -0.2) is 0 Å². The molecule has 0 amide bonds. The van der Waals surface area contributed by atoms with E-state index in [4.69, 9.17) is 0 Å². The molecular formula is C10H7F3Se. The van der Waals surface area contributed by atoms with Crippen molar-refractivity contribution in [2.45, 2.75) is 10.4 Å². The molecule has 0 unspecified atom stereocenters. The second-order valence-corrected chi connectivity index (χ2v) is 4.58. The van der Waals surface area contributed by atoms with Crippen LogP contribution in [0.3, 0.4) is 0 Å². The fraction of sp³-hybridized carbons (Fsp3) is 0.200.